The minimum absolute atomic E-state index is 0.0129. The van der Waals surface area contributed by atoms with Gasteiger partial charge in [-0.15, -0.1) is 0 Å². The zero-order valence-corrected chi connectivity index (χ0v) is 21.1. The van der Waals surface area contributed by atoms with Crippen LogP contribution in [0.3, 0.4) is 0 Å². The molecular weight excluding hydrogens is 520 g/mol. The summed E-state index contributed by atoms with van der Waals surface area (Å²) < 4.78 is 36.7. The first-order valence-electron chi connectivity index (χ1n) is 11.0. The first-order valence-corrected chi connectivity index (χ1v) is 12.8. The van der Waals surface area contributed by atoms with Crippen LogP contribution < -0.4 is 37.4 Å². The predicted molar refractivity (Wildman–Crippen MR) is 143 cm³/mol. The number of para-hydroxylation sites is 1. The van der Waals surface area contributed by atoms with Gasteiger partial charge in [-0.25, -0.2) is 8.42 Å². The Balaban J connectivity index is 0.000000358. The van der Waals surface area contributed by atoms with Gasteiger partial charge in [0.15, 0.2) is 11.7 Å². The lowest BCUT2D eigenvalue weighted by molar-refractivity contribution is -0.138. The highest BCUT2D eigenvalue weighted by Crippen LogP contribution is 2.34. The van der Waals surface area contributed by atoms with Crippen LogP contribution in [0.25, 0.3) is 11.0 Å². The van der Waals surface area contributed by atoms with Crippen molar-refractivity contribution in [3.63, 3.8) is 0 Å². The Labute approximate surface area is 217 Å². The maximum atomic E-state index is 12.4. The molecule has 0 saturated carbocycles. The zero-order chi connectivity index (χ0) is 28.3. The third kappa shape index (κ3) is 9.44. The molecule has 0 aliphatic heterocycles. The smallest absolute Gasteiger partial charge is 0.320 e. The minimum Gasteiger partial charge on any atom is -0.480 e. The van der Waals surface area contributed by atoms with Crippen molar-refractivity contribution in [2.24, 2.45) is 22.2 Å². The van der Waals surface area contributed by atoms with Gasteiger partial charge < -0.3 is 36.8 Å². The van der Waals surface area contributed by atoms with Gasteiger partial charge in [0.2, 0.25) is 21.9 Å². The van der Waals surface area contributed by atoms with Crippen molar-refractivity contribution in [1.29, 1.82) is 0 Å². The van der Waals surface area contributed by atoms with Crippen molar-refractivity contribution in [3.05, 3.63) is 59.0 Å². The van der Waals surface area contributed by atoms with E-state index in [0.29, 0.717) is 31.5 Å². The second-order valence-electron chi connectivity index (χ2n) is 7.77. The van der Waals surface area contributed by atoms with E-state index in [1.165, 1.54) is 12.1 Å². The average Bonchev–Trinajstić information content (AvgIpc) is 2.84. The molecule has 1 amide bonds. The van der Waals surface area contributed by atoms with Crippen LogP contribution in [0.15, 0.2) is 62.9 Å². The van der Waals surface area contributed by atoms with Crippen LogP contribution in [0, 0.1) is 0 Å². The lowest BCUT2D eigenvalue weighted by atomic mass is 10.2. The van der Waals surface area contributed by atoms with Crippen molar-refractivity contribution in [2.45, 2.75) is 18.9 Å². The molecule has 0 saturated heterocycles. The Bertz CT molecular complexity index is 1450. The summed E-state index contributed by atoms with van der Waals surface area (Å²) >= 11 is 0. The fraction of sp³-hybridized carbons (Fsp3) is 0.217. The number of rotatable bonds is 11. The molecule has 0 spiro atoms. The van der Waals surface area contributed by atoms with Gasteiger partial charge >= 0.3 is 5.97 Å². The number of hydrogen-bond donors (Lipinski definition) is 6. The van der Waals surface area contributed by atoms with E-state index in [9.17, 15) is 22.8 Å². The summed E-state index contributed by atoms with van der Waals surface area (Å²) in [6.07, 6.45) is 3.40. The molecule has 3 rings (SSSR count). The van der Waals surface area contributed by atoms with Crippen molar-refractivity contribution < 1.29 is 32.3 Å². The fourth-order valence-corrected chi connectivity index (χ4v) is 3.50. The van der Waals surface area contributed by atoms with Crippen LogP contribution in [0.4, 0.5) is 11.4 Å². The Kier molecular flexibility index (Phi) is 10.6. The zero-order valence-electron chi connectivity index (χ0n) is 20.3. The summed E-state index contributed by atoms with van der Waals surface area (Å²) in [6.45, 7) is 0.420. The summed E-state index contributed by atoms with van der Waals surface area (Å²) in [4.78, 5) is 36.9. The number of guanidine groups is 1. The average molecular weight is 549 g/mol. The number of nitrogens with zero attached hydrogens (tertiary/aromatic N) is 1. The van der Waals surface area contributed by atoms with E-state index in [2.05, 4.69) is 15.0 Å². The predicted octanol–water partition coefficient (Wildman–Crippen LogP) is 0.977. The number of benzene rings is 2. The molecule has 3 aromatic rings. The number of carbonyl (C=O) groups excluding carboxylic acids is 1. The Morgan fingerprint density at radius 2 is 1.89 bits per heavy atom. The van der Waals surface area contributed by atoms with E-state index in [0.717, 1.165) is 12.5 Å². The van der Waals surface area contributed by atoms with Gasteiger partial charge in [-0.05, 0) is 31.0 Å². The summed E-state index contributed by atoms with van der Waals surface area (Å²) in [7, 11) is -3.60. The number of ether oxygens (including phenoxy) is 1. The number of aliphatic imine (C=N–C) groups is 1. The standard InChI is InChI=1S/C17H14N2O6S.C6H14N4O2/c1-26(22,23)19-13-8-15-12(17(21)14(9-24-15)18-10-20)7-16(13)25-11-5-3-2-4-6-11;7-4(5(11)12)2-1-3-10-6(8)9/h2-10,19H,1H3,(H,18,20);4H,1-3,7H2,(H,11,12)(H4,8,9,10). The second kappa shape index (κ2) is 13.6. The third-order valence-corrected chi connectivity index (χ3v) is 5.23. The van der Waals surface area contributed by atoms with Crippen molar-refractivity contribution in [3.8, 4) is 11.5 Å². The van der Waals surface area contributed by atoms with Gasteiger partial charge in [-0.1, -0.05) is 18.2 Å². The van der Waals surface area contributed by atoms with Gasteiger partial charge in [0.25, 0.3) is 0 Å². The van der Waals surface area contributed by atoms with Gasteiger partial charge in [0, 0.05) is 12.6 Å². The molecule has 0 radical (unpaired) electrons. The van der Waals surface area contributed by atoms with Gasteiger partial charge in [-0.3, -0.25) is 24.1 Å². The van der Waals surface area contributed by atoms with Crippen LogP contribution in [0.1, 0.15) is 12.8 Å². The highest BCUT2D eigenvalue weighted by molar-refractivity contribution is 7.92. The molecule has 1 heterocycles. The van der Waals surface area contributed by atoms with Crippen molar-refractivity contribution in [1.82, 2.24) is 0 Å². The van der Waals surface area contributed by atoms with E-state index in [1.54, 1.807) is 30.3 Å². The number of carboxylic acid groups (broad SMARTS) is 1. The molecule has 1 atom stereocenters. The lowest BCUT2D eigenvalue weighted by Crippen LogP contribution is -2.30. The molecule has 0 aliphatic carbocycles. The number of carbonyl (C=O) groups is 2. The quantitative estimate of drug-likeness (QED) is 0.0853. The molecular formula is C23H28N6O8S. The molecule has 0 aliphatic rings. The summed E-state index contributed by atoms with van der Waals surface area (Å²) in [5, 5.41) is 10.8. The minimum atomic E-state index is -3.60. The number of fused-ring (bicyclic) bond motifs is 1. The van der Waals surface area contributed by atoms with E-state index >= 15 is 0 Å². The number of aliphatic carboxylic acids is 1. The van der Waals surface area contributed by atoms with Crippen LogP contribution in [0.2, 0.25) is 0 Å². The maximum Gasteiger partial charge on any atom is 0.320 e. The number of amides is 1. The Hall–Kier alpha value is -4.63. The van der Waals surface area contributed by atoms with Crippen LogP contribution in [0.5, 0.6) is 11.5 Å². The highest BCUT2D eigenvalue weighted by Gasteiger charge is 2.16. The second-order valence-corrected chi connectivity index (χ2v) is 9.52. The normalized spacial score (nSPS) is 11.4. The number of carboxylic acids is 1. The first-order chi connectivity index (χ1) is 17.9. The maximum absolute atomic E-state index is 12.4. The number of sulfonamides is 1. The van der Waals surface area contributed by atoms with Crippen molar-refractivity contribution >= 4 is 50.7 Å². The van der Waals surface area contributed by atoms with Gasteiger partial charge in [0.05, 0.1) is 17.3 Å². The molecule has 2 aromatic carbocycles. The van der Waals surface area contributed by atoms with E-state index in [4.69, 9.17) is 31.5 Å². The first kappa shape index (κ1) is 29.6. The Morgan fingerprint density at radius 3 is 2.47 bits per heavy atom. The third-order valence-electron chi connectivity index (χ3n) is 4.64. The van der Waals surface area contributed by atoms with E-state index < -0.39 is 27.5 Å². The summed E-state index contributed by atoms with van der Waals surface area (Å²) in [5.41, 5.74) is 15.0. The monoisotopic (exact) mass is 548 g/mol. The number of nitrogens with two attached hydrogens (primary N) is 3. The van der Waals surface area contributed by atoms with Crippen LogP contribution >= 0.6 is 0 Å². The van der Waals surface area contributed by atoms with Gasteiger partial charge in [-0.2, -0.15) is 0 Å². The molecule has 14 nitrogen and oxygen atoms in total. The topological polar surface area (TPSA) is 242 Å². The molecule has 38 heavy (non-hydrogen) atoms. The number of nitrogens with one attached hydrogen (secondary N) is 2. The molecule has 204 valence electrons. The number of anilines is 2. The number of hydrogen-bond acceptors (Lipinski definition) is 9. The van der Waals surface area contributed by atoms with Crippen molar-refractivity contribution in [2.75, 3.05) is 22.8 Å². The fourth-order valence-electron chi connectivity index (χ4n) is 2.94. The van der Waals surface area contributed by atoms with E-state index in [1.807, 2.05) is 0 Å². The van der Waals surface area contributed by atoms with E-state index in [-0.39, 0.29) is 34.1 Å². The largest absolute Gasteiger partial charge is 0.480 e. The lowest BCUT2D eigenvalue weighted by Gasteiger charge is -2.13. The molecule has 1 aromatic heterocycles. The SMILES string of the molecule is CS(=O)(=O)Nc1cc2occ(NC=O)c(=O)c2cc1Oc1ccccc1.NC(N)=NCCCC(N)C(=O)O. The Morgan fingerprint density at radius 1 is 1.21 bits per heavy atom. The molecule has 15 heteroatoms. The van der Waals surface area contributed by atoms with Crippen LogP contribution in [-0.4, -0.2) is 50.7 Å². The molecule has 1 unspecified atom stereocenters. The summed E-state index contributed by atoms with van der Waals surface area (Å²) in [6, 6.07) is 10.6. The van der Waals surface area contributed by atoms with Crippen LogP contribution in [-0.2, 0) is 19.6 Å². The highest BCUT2D eigenvalue weighted by atomic mass is 32.2. The van der Waals surface area contributed by atoms with Gasteiger partial charge in [0.1, 0.15) is 29.3 Å². The molecule has 0 bridgehead atoms. The molecule has 0 fully saturated rings. The summed E-state index contributed by atoms with van der Waals surface area (Å²) in [5.74, 6) is -0.418. The molecule has 9 N–H and O–H groups in total.